The molecule has 10 heteroatoms. The lowest BCUT2D eigenvalue weighted by Gasteiger charge is -2.42. The topological polar surface area (TPSA) is 125 Å². The van der Waals surface area contributed by atoms with Crippen LogP contribution in [0.1, 0.15) is 54.4 Å². The molecular formula is C28H41N3O7. The number of aliphatic hydroxyl groups is 1. The van der Waals surface area contributed by atoms with Crippen LogP contribution in [0.3, 0.4) is 0 Å². The standard InChI is InChI=1S/C28H41N3O7/c1-16(2)18(15-32)31-23-25(35)30(27(4,5)6)13-9-12-28(23)22(24(31)34)21-19(38-28)10-7-8-11-20(33)29-14-17(3)37-26(21)36/h7,9-10,12,16-19,21-23,32H,8,11,13-15H2,1-6H3,(H,29,33)/b10-7-/t17-,18-,19-,21+,22+,23-,28+/m0/s1. The van der Waals surface area contributed by atoms with Crippen molar-refractivity contribution in [3.8, 4) is 0 Å². The maximum Gasteiger partial charge on any atom is 0.313 e. The highest BCUT2D eigenvalue weighted by Crippen LogP contribution is 2.54. The summed E-state index contributed by atoms with van der Waals surface area (Å²) in [4.78, 5) is 57.5. The van der Waals surface area contributed by atoms with Crippen molar-refractivity contribution in [2.24, 2.45) is 17.8 Å². The predicted molar refractivity (Wildman–Crippen MR) is 138 cm³/mol. The van der Waals surface area contributed by atoms with E-state index in [9.17, 15) is 24.3 Å². The molecule has 210 valence electrons. The zero-order chi connectivity index (χ0) is 28.0. The summed E-state index contributed by atoms with van der Waals surface area (Å²) in [5.41, 5.74) is -1.95. The number of nitrogens with one attached hydrogen (secondary N) is 1. The minimum absolute atomic E-state index is 0.147. The molecule has 2 saturated heterocycles. The van der Waals surface area contributed by atoms with Crippen molar-refractivity contribution in [3.63, 3.8) is 0 Å². The second-order valence-electron chi connectivity index (χ2n) is 12.1. The van der Waals surface area contributed by atoms with Crippen molar-refractivity contribution in [1.82, 2.24) is 15.1 Å². The molecule has 38 heavy (non-hydrogen) atoms. The van der Waals surface area contributed by atoms with Crippen molar-refractivity contribution in [3.05, 3.63) is 24.3 Å². The Morgan fingerprint density at radius 2 is 1.87 bits per heavy atom. The van der Waals surface area contributed by atoms with E-state index in [0.29, 0.717) is 13.0 Å². The van der Waals surface area contributed by atoms with E-state index in [1.54, 1.807) is 30.1 Å². The van der Waals surface area contributed by atoms with Crippen LogP contribution in [0, 0.1) is 17.8 Å². The van der Waals surface area contributed by atoms with Gasteiger partial charge in [0.2, 0.25) is 17.7 Å². The summed E-state index contributed by atoms with van der Waals surface area (Å²) in [5.74, 6) is -3.59. The fraction of sp³-hybridized carbons (Fsp3) is 0.714. The number of cyclic esters (lactones) is 1. The molecule has 4 rings (SSSR count). The fourth-order valence-corrected chi connectivity index (χ4v) is 6.18. The molecule has 0 unspecified atom stereocenters. The van der Waals surface area contributed by atoms with Crippen LogP contribution in [-0.2, 0) is 28.7 Å². The smallest absolute Gasteiger partial charge is 0.313 e. The first-order chi connectivity index (χ1) is 17.8. The van der Waals surface area contributed by atoms with Gasteiger partial charge in [0.15, 0.2) is 0 Å². The van der Waals surface area contributed by atoms with Gasteiger partial charge in [-0.2, -0.15) is 0 Å². The van der Waals surface area contributed by atoms with Crippen molar-refractivity contribution >= 4 is 23.7 Å². The minimum atomic E-state index is -1.41. The number of rotatable bonds is 3. The van der Waals surface area contributed by atoms with Crippen molar-refractivity contribution in [2.75, 3.05) is 19.7 Å². The third kappa shape index (κ3) is 4.77. The lowest BCUT2D eigenvalue weighted by molar-refractivity contribution is -0.160. The lowest BCUT2D eigenvalue weighted by atomic mass is 9.77. The van der Waals surface area contributed by atoms with E-state index in [1.807, 2.05) is 40.7 Å². The Bertz CT molecular complexity index is 1030. The number of fused-ring (bicyclic) bond motifs is 2. The Hall–Kier alpha value is -2.72. The van der Waals surface area contributed by atoms with Crippen LogP contribution in [-0.4, -0.2) is 93.7 Å². The molecule has 2 fully saturated rings. The number of carbonyl (C=O) groups excluding carboxylic acids is 4. The van der Waals surface area contributed by atoms with Crippen LogP contribution in [0.5, 0.6) is 0 Å². The van der Waals surface area contributed by atoms with E-state index in [1.165, 1.54) is 4.90 Å². The van der Waals surface area contributed by atoms with Crippen molar-refractivity contribution in [1.29, 1.82) is 0 Å². The highest BCUT2D eigenvalue weighted by molar-refractivity contribution is 5.99. The number of carbonyl (C=O) groups is 4. The number of esters is 1. The summed E-state index contributed by atoms with van der Waals surface area (Å²) >= 11 is 0. The van der Waals surface area contributed by atoms with Gasteiger partial charge in [0.05, 0.1) is 31.2 Å². The normalized spacial score (nSPS) is 35.9. The number of nitrogens with zero attached hydrogens (tertiary/aromatic N) is 2. The number of likely N-dealkylation sites (tertiary alicyclic amines) is 1. The number of allylic oxidation sites excluding steroid dienone is 1. The van der Waals surface area contributed by atoms with E-state index in [4.69, 9.17) is 9.47 Å². The molecule has 1 spiro atoms. The van der Waals surface area contributed by atoms with Gasteiger partial charge in [0, 0.05) is 18.5 Å². The van der Waals surface area contributed by atoms with Gasteiger partial charge in [0.1, 0.15) is 23.7 Å². The van der Waals surface area contributed by atoms with E-state index in [-0.39, 0.29) is 37.3 Å². The molecule has 0 radical (unpaired) electrons. The van der Waals surface area contributed by atoms with Crippen LogP contribution >= 0.6 is 0 Å². The summed E-state index contributed by atoms with van der Waals surface area (Å²) in [6, 6.07) is -1.69. The van der Waals surface area contributed by atoms with Crippen LogP contribution in [0.2, 0.25) is 0 Å². The number of amides is 3. The Labute approximate surface area is 224 Å². The molecule has 0 saturated carbocycles. The maximum absolute atomic E-state index is 14.3. The maximum atomic E-state index is 14.3. The number of hydrogen-bond donors (Lipinski definition) is 2. The second kappa shape index (κ2) is 10.4. The monoisotopic (exact) mass is 531 g/mol. The largest absolute Gasteiger partial charge is 0.460 e. The second-order valence-corrected chi connectivity index (χ2v) is 12.1. The summed E-state index contributed by atoms with van der Waals surface area (Å²) in [6.07, 6.45) is 6.38. The molecule has 0 aromatic carbocycles. The summed E-state index contributed by atoms with van der Waals surface area (Å²) in [6.45, 7) is 11.4. The zero-order valence-electron chi connectivity index (χ0n) is 23.2. The van der Waals surface area contributed by atoms with Crippen LogP contribution in [0.4, 0.5) is 0 Å². The van der Waals surface area contributed by atoms with Gasteiger partial charge in [-0.1, -0.05) is 38.2 Å². The third-order valence-electron chi connectivity index (χ3n) is 8.10. The van der Waals surface area contributed by atoms with Crippen LogP contribution in [0.15, 0.2) is 24.3 Å². The van der Waals surface area contributed by atoms with Gasteiger partial charge in [-0.15, -0.1) is 0 Å². The molecule has 10 nitrogen and oxygen atoms in total. The van der Waals surface area contributed by atoms with E-state index < -0.39 is 59.1 Å². The predicted octanol–water partition coefficient (Wildman–Crippen LogP) is 1.18. The number of aliphatic hydroxyl groups excluding tert-OH is 1. The molecule has 0 aromatic heterocycles. The van der Waals surface area contributed by atoms with Gasteiger partial charge < -0.3 is 29.7 Å². The summed E-state index contributed by atoms with van der Waals surface area (Å²) in [5, 5.41) is 13.1. The Morgan fingerprint density at radius 3 is 2.50 bits per heavy atom. The third-order valence-corrected chi connectivity index (χ3v) is 8.10. The quantitative estimate of drug-likeness (QED) is 0.414. The van der Waals surface area contributed by atoms with E-state index in [2.05, 4.69) is 5.32 Å². The van der Waals surface area contributed by atoms with Gasteiger partial charge in [-0.05, 0) is 40.0 Å². The van der Waals surface area contributed by atoms with Crippen molar-refractivity contribution in [2.45, 2.75) is 89.8 Å². The minimum Gasteiger partial charge on any atom is -0.460 e. The highest BCUT2D eigenvalue weighted by atomic mass is 16.6. The first kappa shape index (κ1) is 28.3. The fourth-order valence-electron chi connectivity index (χ4n) is 6.18. The molecular weight excluding hydrogens is 490 g/mol. The first-order valence-corrected chi connectivity index (χ1v) is 13.6. The molecule has 2 N–H and O–H groups in total. The van der Waals surface area contributed by atoms with Crippen molar-refractivity contribution < 1.29 is 33.8 Å². The van der Waals surface area contributed by atoms with Gasteiger partial charge >= 0.3 is 5.97 Å². The molecule has 3 amide bonds. The molecule has 4 heterocycles. The molecule has 7 atom stereocenters. The van der Waals surface area contributed by atoms with E-state index >= 15 is 0 Å². The van der Waals surface area contributed by atoms with Gasteiger partial charge in [-0.25, -0.2) is 0 Å². The molecule has 0 aromatic rings. The number of hydrogen-bond acceptors (Lipinski definition) is 7. The SMILES string of the molecule is CC(C)[C@H](CO)N1C(=O)[C@H]2[C@@H]3C(=O)O[C@@H](C)CNC(=O)CC/C=C\[C@@H]3O[C@]23C=CCN(C(C)(C)C)C(=O)[C@H]13. The summed E-state index contributed by atoms with van der Waals surface area (Å²) < 4.78 is 12.4. The molecule has 0 aliphatic carbocycles. The van der Waals surface area contributed by atoms with Gasteiger partial charge in [-0.3, -0.25) is 19.2 Å². The zero-order valence-corrected chi connectivity index (χ0v) is 23.2. The van der Waals surface area contributed by atoms with Crippen LogP contribution < -0.4 is 5.32 Å². The molecule has 4 aliphatic rings. The Morgan fingerprint density at radius 1 is 1.16 bits per heavy atom. The summed E-state index contributed by atoms with van der Waals surface area (Å²) in [7, 11) is 0. The Balaban J connectivity index is 1.86. The first-order valence-electron chi connectivity index (χ1n) is 13.6. The molecule has 4 aliphatic heterocycles. The average molecular weight is 532 g/mol. The molecule has 0 bridgehead atoms. The average Bonchev–Trinajstić information content (AvgIpc) is 3.20. The number of ether oxygens (including phenoxy) is 2. The van der Waals surface area contributed by atoms with E-state index in [0.717, 1.165) is 0 Å². The highest BCUT2D eigenvalue weighted by Gasteiger charge is 2.73. The lowest BCUT2D eigenvalue weighted by Crippen LogP contribution is -2.61. The Kier molecular flexibility index (Phi) is 7.78. The van der Waals surface area contributed by atoms with Gasteiger partial charge in [0.25, 0.3) is 0 Å². The van der Waals surface area contributed by atoms with Crippen LogP contribution in [0.25, 0.3) is 0 Å².